The Morgan fingerprint density at radius 1 is 1.33 bits per heavy atom. The van der Waals surface area contributed by atoms with Gasteiger partial charge in [-0.2, -0.15) is 5.10 Å². The van der Waals surface area contributed by atoms with Crippen LogP contribution in [0.5, 0.6) is 5.88 Å². The van der Waals surface area contributed by atoms with Gasteiger partial charge in [0.2, 0.25) is 5.88 Å². The highest BCUT2D eigenvalue weighted by Crippen LogP contribution is 2.24. The smallest absolute Gasteiger partial charge is 0.216 e. The van der Waals surface area contributed by atoms with Gasteiger partial charge in [-0.3, -0.25) is 0 Å². The second-order valence-corrected chi connectivity index (χ2v) is 6.01. The molecule has 0 saturated carbocycles. The van der Waals surface area contributed by atoms with E-state index in [2.05, 4.69) is 57.5 Å². The van der Waals surface area contributed by atoms with Crippen LogP contribution in [-0.2, 0) is 13.6 Å². The summed E-state index contributed by atoms with van der Waals surface area (Å²) in [4.78, 5) is 0. The molecule has 0 aliphatic rings. The molecule has 0 aliphatic heterocycles. The molecule has 1 N–H and O–H groups in total. The summed E-state index contributed by atoms with van der Waals surface area (Å²) in [7, 11) is 3.59. The molecule has 0 fully saturated rings. The van der Waals surface area contributed by atoms with E-state index in [4.69, 9.17) is 4.74 Å². The van der Waals surface area contributed by atoms with E-state index in [1.54, 1.807) is 11.8 Å². The zero-order valence-corrected chi connectivity index (χ0v) is 14.6. The first-order valence-electron chi connectivity index (χ1n) is 7.12. The highest BCUT2D eigenvalue weighted by molar-refractivity contribution is 9.10. The first kappa shape index (κ1) is 16.0. The van der Waals surface area contributed by atoms with Gasteiger partial charge in [0.15, 0.2) is 0 Å². The maximum Gasteiger partial charge on any atom is 0.216 e. The molecule has 2 rings (SSSR count). The number of methoxy groups -OCH3 is 1. The number of halogens is 1. The molecule has 2 aromatic rings. The lowest BCUT2D eigenvalue weighted by Gasteiger charge is -2.18. The van der Waals surface area contributed by atoms with Crippen molar-refractivity contribution >= 4 is 15.9 Å². The predicted molar refractivity (Wildman–Crippen MR) is 88.5 cm³/mol. The number of aryl methyl sites for hydroxylation is 2. The van der Waals surface area contributed by atoms with Gasteiger partial charge in [0, 0.05) is 24.1 Å². The zero-order valence-electron chi connectivity index (χ0n) is 13.0. The van der Waals surface area contributed by atoms with Gasteiger partial charge in [0.25, 0.3) is 0 Å². The summed E-state index contributed by atoms with van der Waals surface area (Å²) in [5, 5.41) is 8.02. The van der Waals surface area contributed by atoms with Gasteiger partial charge < -0.3 is 10.1 Å². The predicted octanol–water partition coefficient (Wildman–Crippen LogP) is 3.74. The fourth-order valence-corrected chi connectivity index (χ4v) is 2.82. The maximum absolute atomic E-state index is 5.44. The molecule has 1 aromatic heterocycles. The summed E-state index contributed by atoms with van der Waals surface area (Å²) in [6.45, 7) is 4.95. The molecule has 1 aromatic carbocycles. The van der Waals surface area contributed by atoms with Crippen molar-refractivity contribution in [3.05, 3.63) is 45.6 Å². The summed E-state index contributed by atoms with van der Waals surface area (Å²) >= 11 is 3.48. The van der Waals surface area contributed by atoms with Gasteiger partial charge in [0.1, 0.15) is 0 Å². The largest absolute Gasteiger partial charge is 0.481 e. The fourth-order valence-electron chi connectivity index (χ4n) is 2.56. The Kier molecular flexibility index (Phi) is 5.42. The Bertz CT molecular complexity index is 592. The van der Waals surface area contributed by atoms with Crippen LogP contribution in [0, 0.1) is 6.92 Å². The Labute approximate surface area is 134 Å². The average Bonchev–Trinajstić information content (AvgIpc) is 2.75. The number of hydrogen-bond donors (Lipinski definition) is 1. The summed E-state index contributed by atoms with van der Waals surface area (Å²) in [5.74, 6) is 0.825. The third-order valence-corrected chi connectivity index (χ3v) is 4.22. The molecular weight excluding hydrogens is 330 g/mol. The molecule has 114 valence electrons. The molecule has 0 spiro atoms. The summed E-state index contributed by atoms with van der Waals surface area (Å²) in [6, 6.07) is 8.78. The minimum Gasteiger partial charge on any atom is -0.481 e. The van der Waals surface area contributed by atoms with Crippen LogP contribution in [0.1, 0.15) is 36.2 Å². The van der Waals surface area contributed by atoms with Crippen molar-refractivity contribution in [1.82, 2.24) is 15.1 Å². The van der Waals surface area contributed by atoms with Gasteiger partial charge in [-0.1, -0.05) is 35.0 Å². The Morgan fingerprint density at radius 2 is 2.00 bits per heavy atom. The van der Waals surface area contributed by atoms with E-state index in [-0.39, 0.29) is 0 Å². The summed E-state index contributed by atoms with van der Waals surface area (Å²) < 4.78 is 8.33. The fraction of sp³-hybridized carbons (Fsp3) is 0.438. The lowest BCUT2D eigenvalue weighted by Crippen LogP contribution is -2.20. The number of ether oxygens (including phenoxy) is 1. The van der Waals surface area contributed by atoms with E-state index in [0.29, 0.717) is 6.04 Å². The number of hydrogen-bond acceptors (Lipinski definition) is 3. The second-order valence-electron chi connectivity index (χ2n) is 5.09. The minimum atomic E-state index is 0.322. The van der Waals surface area contributed by atoms with Crippen LogP contribution in [-0.4, -0.2) is 16.9 Å². The van der Waals surface area contributed by atoms with Crippen molar-refractivity contribution in [1.29, 1.82) is 0 Å². The Balaban J connectivity index is 2.12. The van der Waals surface area contributed by atoms with E-state index in [1.165, 1.54) is 5.56 Å². The topological polar surface area (TPSA) is 39.1 Å². The number of nitrogens with one attached hydrogen (secondary N) is 1. The summed E-state index contributed by atoms with van der Waals surface area (Å²) in [5.41, 5.74) is 3.42. The van der Waals surface area contributed by atoms with Gasteiger partial charge in [-0.15, -0.1) is 0 Å². The molecule has 1 atom stereocenters. The molecule has 0 saturated heterocycles. The van der Waals surface area contributed by atoms with Crippen molar-refractivity contribution in [2.45, 2.75) is 32.9 Å². The quantitative estimate of drug-likeness (QED) is 0.861. The molecule has 4 nitrogen and oxygen atoms in total. The van der Waals surface area contributed by atoms with Crippen LogP contribution in [0.4, 0.5) is 0 Å². The minimum absolute atomic E-state index is 0.322. The number of rotatable bonds is 6. The molecule has 1 unspecified atom stereocenters. The van der Waals surface area contributed by atoms with Gasteiger partial charge in [0.05, 0.1) is 18.4 Å². The van der Waals surface area contributed by atoms with Crippen molar-refractivity contribution in [2.24, 2.45) is 7.05 Å². The SMILES string of the molecule is CCC(NCc1c(C)nn(C)c1OC)c1ccc(Br)cc1. The van der Waals surface area contributed by atoms with Crippen molar-refractivity contribution in [3.63, 3.8) is 0 Å². The van der Waals surface area contributed by atoms with Crippen LogP contribution in [0.15, 0.2) is 28.7 Å². The standard InChI is InChI=1S/C16H22BrN3O/c1-5-15(12-6-8-13(17)9-7-12)18-10-14-11(2)19-20(3)16(14)21-4/h6-9,15,18H,5,10H2,1-4H3. The van der Waals surface area contributed by atoms with Crippen LogP contribution in [0.3, 0.4) is 0 Å². The Morgan fingerprint density at radius 3 is 2.57 bits per heavy atom. The molecule has 5 heteroatoms. The van der Waals surface area contributed by atoms with E-state index >= 15 is 0 Å². The van der Waals surface area contributed by atoms with Crippen molar-refractivity contribution in [2.75, 3.05) is 7.11 Å². The molecule has 1 heterocycles. The van der Waals surface area contributed by atoms with Gasteiger partial charge in [-0.25, -0.2) is 4.68 Å². The van der Waals surface area contributed by atoms with Gasteiger partial charge >= 0.3 is 0 Å². The number of aromatic nitrogens is 2. The van der Waals surface area contributed by atoms with Crippen LogP contribution in [0.2, 0.25) is 0 Å². The van der Waals surface area contributed by atoms with Crippen molar-refractivity contribution in [3.8, 4) is 5.88 Å². The first-order valence-corrected chi connectivity index (χ1v) is 7.91. The third-order valence-electron chi connectivity index (χ3n) is 3.69. The molecule has 0 aliphatic carbocycles. The van der Waals surface area contributed by atoms with Gasteiger partial charge in [-0.05, 0) is 31.0 Å². The second kappa shape index (κ2) is 7.09. The molecule has 0 amide bonds. The van der Waals surface area contributed by atoms with Crippen LogP contribution in [0.25, 0.3) is 0 Å². The lowest BCUT2D eigenvalue weighted by atomic mass is 10.0. The molecule has 0 radical (unpaired) electrons. The number of benzene rings is 1. The van der Waals surface area contributed by atoms with Crippen molar-refractivity contribution < 1.29 is 4.74 Å². The highest BCUT2D eigenvalue weighted by Gasteiger charge is 2.16. The van der Waals surface area contributed by atoms with E-state index in [9.17, 15) is 0 Å². The van der Waals surface area contributed by atoms with Crippen LogP contribution >= 0.6 is 15.9 Å². The monoisotopic (exact) mass is 351 g/mol. The first-order chi connectivity index (χ1) is 10.1. The molecule has 21 heavy (non-hydrogen) atoms. The highest BCUT2D eigenvalue weighted by atomic mass is 79.9. The lowest BCUT2D eigenvalue weighted by molar-refractivity contribution is 0.366. The average molecular weight is 352 g/mol. The number of nitrogens with zero attached hydrogens (tertiary/aromatic N) is 2. The summed E-state index contributed by atoms with van der Waals surface area (Å²) in [6.07, 6.45) is 1.03. The third kappa shape index (κ3) is 3.66. The molecule has 0 bridgehead atoms. The van der Waals surface area contributed by atoms with Crippen LogP contribution < -0.4 is 10.1 Å². The molecular formula is C16H22BrN3O. The van der Waals surface area contributed by atoms with E-state index in [1.807, 2.05) is 14.0 Å². The van der Waals surface area contributed by atoms with E-state index in [0.717, 1.165) is 34.6 Å². The van der Waals surface area contributed by atoms with E-state index < -0.39 is 0 Å². The normalized spacial score (nSPS) is 12.4. The maximum atomic E-state index is 5.44. The zero-order chi connectivity index (χ0) is 15.4. The Hall–Kier alpha value is -1.33.